The van der Waals surface area contributed by atoms with E-state index in [-0.39, 0.29) is 25.3 Å². The summed E-state index contributed by atoms with van der Waals surface area (Å²) >= 11 is 0. The fraction of sp³-hybridized carbons (Fsp3) is 0.846. The third-order valence-electron chi connectivity index (χ3n) is 3.78. The van der Waals surface area contributed by atoms with Crippen LogP contribution in [0.1, 0.15) is 20.3 Å². The highest BCUT2D eigenvalue weighted by Crippen LogP contribution is 2.20. The number of carboxylic acids is 1. The highest BCUT2D eigenvalue weighted by molar-refractivity contribution is 5.77. The Hall–Kier alpha value is -1.30. The van der Waals surface area contributed by atoms with Crippen molar-refractivity contribution in [3.63, 3.8) is 0 Å². The average molecular weight is 272 g/mol. The lowest BCUT2D eigenvalue weighted by molar-refractivity contribution is -0.142. The first-order valence-electron chi connectivity index (χ1n) is 6.66. The second-order valence-corrected chi connectivity index (χ2v) is 5.34. The number of likely N-dealkylation sites (N-methyl/N-ethyl adjacent to an activating group) is 1. The summed E-state index contributed by atoms with van der Waals surface area (Å²) in [6.07, 6.45) is 1.01. The molecule has 1 N–H and O–H groups in total. The number of amides is 2. The molecule has 1 saturated heterocycles. The fourth-order valence-corrected chi connectivity index (χ4v) is 2.25. The summed E-state index contributed by atoms with van der Waals surface area (Å²) in [4.78, 5) is 26.5. The Labute approximate surface area is 114 Å². The van der Waals surface area contributed by atoms with E-state index in [1.54, 1.807) is 19.0 Å². The average Bonchev–Trinajstić information content (AvgIpc) is 2.85. The van der Waals surface area contributed by atoms with Gasteiger partial charge in [-0.1, -0.05) is 20.3 Å². The monoisotopic (exact) mass is 272 g/mol. The van der Waals surface area contributed by atoms with Gasteiger partial charge in [0.25, 0.3) is 0 Å². The molecule has 1 aliphatic heterocycles. The molecule has 2 amide bonds. The van der Waals surface area contributed by atoms with Crippen molar-refractivity contribution < 1.29 is 19.4 Å². The molecule has 6 nitrogen and oxygen atoms in total. The van der Waals surface area contributed by atoms with E-state index in [9.17, 15) is 9.59 Å². The summed E-state index contributed by atoms with van der Waals surface area (Å²) in [5.74, 6) is -1.12. The van der Waals surface area contributed by atoms with Gasteiger partial charge in [0.05, 0.1) is 19.3 Å². The Morgan fingerprint density at radius 1 is 1.37 bits per heavy atom. The van der Waals surface area contributed by atoms with Gasteiger partial charge in [-0.25, -0.2) is 4.79 Å². The van der Waals surface area contributed by atoms with Crippen molar-refractivity contribution in [2.75, 3.05) is 33.9 Å². The molecule has 3 unspecified atom stereocenters. The molecule has 0 bridgehead atoms. The number of urea groups is 1. The second-order valence-electron chi connectivity index (χ2n) is 5.34. The number of carbonyl (C=O) groups is 2. The minimum Gasteiger partial charge on any atom is -0.481 e. The molecule has 1 fully saturated rings. The molecule has 6 heteroatoms. The van der Waals surface area contributed by atoms with E-state index in [1.165, 1.54) is 4.90 Å². The normalized spacial score (nSPS) is 24.0. The number of carbonyl (C=O) groups excluding carboxylic acids is 1. The zero-order valence-corrected chi connectivity index (χ0v) is 12.1. The zero-order valence-electron chi connectivity index (χ0n) is 12.1. The SMILES string of the molecule is CCC(C)CN(C)C(=O)N(C)C1COCC1C(=O)O. The minimum absolute atomic E-state index is 0.151. The summed E-state index contributed by atoms with van der Waals surface area (Å²) in [6, 6.07) is -0.536. The number of ether oxygens (including phenoxy) is 1. The maximum absolute atomic E-state index is 12.3. The molecule has 19 heavy (non-hydrogen) atoms. The third-order valence-corrected chi connectivity index (χ3v) is 3.78. The lowest BCUT2D eigenvalue weighted by Crippen LogP contribution is -2.49. The van der Waals surface area contributed by atoms with Crippen LogP contribution in [0, 0.1) is 11.8 Å². The number of aliphatic carboxylic acids is 1. The zero-order chi connectivity index (χ0) is 14.6. The lowest BCUT2D eigenvalue weighted by Gasteiger charge is -2.31. The number of hydrogen-bond acceptors (Lipinski definition) is 3. The highest BCUT2D eigenvalue weighted by Gasteiger charge is 2.39. The van der Waals surface area contributed by atoms with Gasteiger partial charge < -0.3 is 19.6 Å². The summed E-state index contributed by atoms with van der Waals surface area (Å²) < 4.78 is 5.19. The van der Waals surface area contributed by atoms with E-state index in [4.69, 9.17) is 9.84 Å². The van der Waals surface area contributed by atoms with E-state index >= 15 is 0 Å². The quantitative estimate of drug-likeness (QED) is 0.814. The van der Waals surface area contributed by atoms with Gasteiger partial charge in [0.2, 0.25) is 0 Å². The van der Waals surface area contributed by atoms with E-state index in [1.807, 2.05) is 0 Å². The molecule has 0 aromatic heterocycles. The molecule has 1 heterocycles. The van der Waals surface area contributed by atoms with Gasteiger partial charge in [-0.3, -0.25) is 4.79 Å². The van der Waals surface area contributed by atoms with Crippen LogP contribution in [0.3, 0.4) is 0 Å². The Kier molecular flexibility index (Phi) is 5.60. The largest absolute Gasteiger partial charge is 0.481 e. The molecular formula is C13H24N2O4. The molecule has 0 radical (unpaired) electrons. The minimum atomic E-state index is -0.910. The van der Waals surface area contributed by atoms with Crippen molar-refractivity contribution in [2.24, 2.45) is 11.8 Å². The van der Waals surface area contributed by atoms with Crippen LogP contribution in [0.15, 0.2) is 0 Å². The van der Waals surface area contributed by atoms with Crippen LogP contribution < -0.4 is 0 Å². The third kappa shape index (κ3) is 3.83. The van der Waals surface area contributed by atoms with Crippen LogP contribution in [0.5, 0.6) is 0 Å². The van der Waals surface area contributed by atoms with Crippen molar-refractivity contribution in [2.45, 2.75) is 26.3 Å². The van der Waals surface area contributed by atoms with Crippen molar-refractivity contribution in [3.8, 4) is 0 Å². The van der Waals surface area contributed by atoms with E-state index < -0.39 is 11.9 Å². The first kappa shape index (κ1) is 15.8. The van der Waals surface area contributed by atoms with Gasteiger partial charge in [-0.15, -0.1) is 0 Å². The van der Waals surface area contributed by atoms with Crippen molar-refractivity contribution in [3.05, 3.63) is 0 Å². The van der Waals surface area contributed by atoms with Crippen LogP contribution in [-0.4, -0.2) is 66.8 Å². The van der Waals surface area contributed by atoms with Crippen LogP contribution >= 0.6 is 0 Å². The molecule has 1 aliphatic rings. The van der Waals surface area contributed by atoms with Gasteiger partial charge >= 0.3 is 12.0 Å². The molecule has 0 aromatic carbocycles. The van der Waals surface area contributed by atoms with E-state index in [2.05, 4.69) is 13.8 Å². The molecular weight excluding hydrogens is 248 g/mol. The molecule has 0 saturated carbocycles. The number of rotatable bonds is 5. The van der Waals surface area contributed by atoms with E-state index in [0.29, 0.717) is 12.5 Å². The van der Waals surface area contributed by atoms with Crippen molar-refractivity contribution in [1.82, 2.24) is 9.80 Å². The first-order chi connectivity index (χ1) is 8.88. The molecule has 0 aromatic rings. The number of nitrogens with zero attached hydrogens (tertiary/aromatic N) is 2. The topological polar surface area (TPSA) is 70.1 Å². The van der Waals surface area contributed by atoms with Crippen molar-refractivity contribution in [1.29, 1.82) is 0 Å². The van der Waals surface area contributed by atoms with Crippen LogP contribution in [0.25, 0.3) is 0 Å². The molecule has 1 rings (SSSR count). The van der Waals surface area contributed by atoms with Gasteiger partial charge in [0, 0.05) is 20.6 Å². The maximum Gasteiger partial charge on any atom is 0.319 e. The molecule has 110 valence electrons. The smallest absolute Gasteiger partial charge is 0.319 e. The maximum atomic E-state index is 12.3. The first-order valence-corrected chi connectivity index (χ1v) is 6.66. The predicted octanol–water partition coefficient (Wildman–Crippen LogP) is 1.12. The molecule has 0 aliphatic carbocycles. The standard InChI is InChI=1S/C13H24N2O4/c1-5-9(2)6-14(3)13(18)15(4)11-8-19-7-10(11)12(16)17/h9-11H,5-8H2,1-4H3,(H,16,17). The Bertz CT molecular complexity index is 335. The van der Waals surface area contributed by atoms with Gasteiger partial charge in [0.15, 0.2) is 0 Å². The van der Waals surface area contributed by atoms with E-state index in [0.717, 1.165) is 6.42 Å². The van der Waals surface area contributed by atoms with Gasteiger partial charge in [-0.05, 0) is 5.92 Å². The molecule has 3 atom stereocenters. The Balaban J connectivity index is 2.63. The Morgan fingerprint density at radius 3 is 2.53 bits per heavy atom. The highest BCUT2D eigenvalue weighted by atomic mass is 16.5. The van der Waals surface area contributed by atoms with Crippen molar-refractivity contribution >= 4 is 12.0 Å². The van der Waals surface area contributed by atoms with Crippen LogP contribution in [0.4, 0.5) is 4.79 Å². The number of hydrogen-bond donors (Lipinski definition) is 1. The van der Waals surface area contributed by atoms with Crippen LogP contribution in [-0.2, 0) is 9.53 Å². The second kappa shape index (κ2) is 6.75. The Morgan fingerprint density at radius 2 is 2.00 bits per heavy atom. The summed E-state index contributed by atoms with van der Waals surface area (Å²) in [5.41, 5.74) is 0. The number of carboxylic acid groups (broad SMARTS) is 1. The van der Waals surface area contributed by atoms with Gasteiger partial charge in [-0.2, -0.15) is 0 Å². The van der Waals surface area contributed by atoms with Gasteiger partial charge in [0.1, 0.15) is 5.92 Å². The fourth-order valence-electron chi connectivity index (χ4n) is 2.25. The summed E-state index contributed by atoms with van der Waals surface area (Å²) in [6.45, 7) is 5.30. The summed E-state index contributed by atoms with van der Waals surface area (Å²) in [5, 5.41) is 9.10. The predicted molar refractivity (Wildman–Crippen MR) is 71.0 cm³/mol. The molecule has 0 spiro atoms. The van der Waals surface area contributed by atoms with Crippen LogP contribution in [0.2, 0.25) is 0 Å². The lowest BCUT2D eigenvalue weighted by atomic mass is 10.0. The summed E-state index contributed by atoms with van der Waals surface area (Å²) in [7, 11) is 3.39.